The molecule has 0 saturated heterocycles. The van der Waals surface area contributed by atoms with Gasteiger partial charge in [0.1, 0.15) is 10.5 Å². The maximum atomic E-state index is 5.41. The summed E-state index contributed by atoms with van der Waals surface area (Å²) in [6.07, 6.45) is 1.99. The van der Waals surface area contributed by atoms with Crippen molar-refractivity contribution in [3.63, 3.8) is 0 Å². The summed E-state index contributed by atoms with van der Waals surface area (Å²) in [4.78, 5) is 7.96. The van der Waals surface area contributed by atoms with Crippen LogP contribution in [-0.2, 0) is 6.42 Å². The number of hydrogen-bond donors (Lipinski definition) is 1. The number of rotatable bonds is 3. The molecular formula is C17H22N2S. The van der Waals surface area contributed by atoms with Gasteiger partial charge in [0.05, 0.1) is 5.69 Å². The van der Waals surface area contributed by atoms with E-state index >= 15 is 0 Å². The van der Waals surface area contributed by atoms with E-state index in [2.05, 4.69) is 49.8 Å². The molecule has 3 heteroatoms. The van der Waals surface area contributed by atoms with Gasteiger partial charge in [-0.05, 0) is 56.9 Å². The monoisotopic (exact) mass is 286 g/mol. The number of hydrogen-bond acceptors (Lipinski definition) is 2. The van der Waals surface area contributed by atoms with Gasteiger partial charge in [0.25, 0.3) is 0 Å². The lowest BCUT2D eigenvalue weighted by Gasteiger charge is -2.14. The fourth-order valence-corrected chi connectivity index (χ4v) is 2.65. The summed E-state index contributed by atoms with van der Waals surface area (Å²) in [6.45, 7) is 10.6. The Morgan fingerprint density at radius 1 is 1.05 bits per heavy atom. The minimum absolute atomic E-state index is 0.708. The molecule has 1 heterocycles. The Morgan fingerprint density at radius 2 is 1.70 bits per heavy atom. The van der Waals surface area contributed by atoms with Crippen LogP contribution >= 0.6 is 12.2 Å². The lowest BCUT2D eigenvalue weighted by atomic mass is 9.97. The SMILES string of the molecule is CCCc1nc(=S)c(C)c(-c2cc(C)c(C)cc2C)[nH]1. The number of benzene rings is 1. The van der Waals surface area contributed by atoms with Gasteiger partial charge < -0.3 is 4.98 Å². The van der Waals surface area contributed by atoms with Gasteiger partial charge in [-0.25, -0.2) is 4.98 Å². The zero-order chi connectivity index (χ0) is 14.9. The van der Waals surface area contributed by atoms with Crippen molar-refractivity contribution in [2.24, 2.45) is 0 Å². The van der Waals surface area contributed by atoms with E-state index in [0.29, 0.717) is 4.64 Å². The molecule has 2 aromatic rings. The minimum atomic E-state index is 0.708. The van der Waals surface area contributed by atoms with E-state index in [1.807, 2.05) is 6.92 Å². The normalized spacial score (nSPS) is 10.8. The fraction of sp³-hybridized carbons (Fsp3) is 0.412. The van der Waals surface area contributed by atoms with Crippen LogP contribution in [-0.4, -0.2) is 9.97 Å². The summed E-state index contributed by atoms with van der Waals surface area (Å²) in [5, 5.41) is 0. The van der Waals surface area contributed by atoms with E-state index in [4.69, 9.17) is 12.2 Å². The lowest BCUT2D eigenvalue weighted by Crippen LogP contribution is -2.02. The quantitative estimate of drug-likeness (QED) is 0.805. The number of nitrogens with one attached hydrogen (secondary N) is 1. The third-order valence-electron chi connectivity index (χ3n) is 3.80. The molecule has 0 fully saturated rings. The molecule has 0 radical (unpaired) electrons. The van der Waals surface area contributed by atoms with E-state index in [-0.39, 0.29) is 0 Å². The first kappa shape index (κ1) is 14.9. The molecule has 2 rings (SSSR count). The molecule has 106 valence electrons. The molecule has 0 atom stereocenters. The summed E-state index contributed by atoms with van der Waals surface area (Å²) in [7, 11) is 0. The number of nitrogens with zero attached hydrogens (tertiary/aromatic N) is 1. The molecular weight excluding hydrogens is 264 g/mol. The van der Waals surface area contributed by atoms with Crippen LogP contribution in [0.3, 0.4) is 0 Å². The molecule has 0 spiro atoms. The van der Waals surface area contributed by atoms with Gasteiger partial charge in [0, 0.05) is 17.5 Å². The highest BCUT2D eigenvalue weighted by Gasteiger charge is 2.11. The average Bonchev–Trinajstić information content (AvgIpc) is 2.38. The molecule has 20 heavy (non-hydrogen) atoms. The standard InChI is InChI=1S/C17H22N2S/c1-6-7-15-18-16(13(5)17(20)19-15)14-9-11(3)10(2)8-12(14)4/h8-9H,6-7H2,1-5H3,(H,18,19,20). The largest absolute Gasteiger partial charge is 0.343 e. The molecule has 1 aromatic carbocycles. The Hall–Kier alpha value is -1.48. The van der Waals surface area contributed by atoms with Gasteiger partial charge >= 0.3 is 0 Å². The Morgan fingerprint density at radius 3 is 2.35 bits per heavy atom. The second-order valence-corrected chi connectivity index (χ2v) is 5.88. The first-order valence-corrected chi connectivity index (χ1v) is 7.52. The number of aromatic amines is 1. The molecule has 0 bridgehead atoms. The van der Waals surface area contributed by atoms with Crippen LogP contribution < -0.4 is 0 Å². The Balaban J connectivity index is 2.68. The number of aromatic nitrogens is 2. The van der Waals surface area contributed by atoms with Gasteiger partial charge in [-0.3, -0.25) is 0 Å². The van der Waals surface area contributed by atoms with Crippen LogP contribution in [0.5, 0.6) is 0 Å². The highest BCUT2D eigenvalue weighted by molar-refractivity contribution is 7.71. The topological polar surface area (TPSA) is 28.7 Å². The van der Waals surface area contributed by atoms with Gasteiger partial charge in [0.2, 0.25) is 0 Å². The molecule has 0 aliphatic rings. The fourth-order valence-electron chi connectivity index (χ4n) is 2.43. The molecule has 0 saturated carbocycles. The van der Waals surface area contributed by atoms with E-state index < -0.39 is 0 Å². The second kappa shape index (κ2) is 5.88. The summed E-state index contributed by atoms with van der Waals surface area (Å²) >= 11 is 5.41. The van der Waals surface area contributed by atoms with Crippen molar-refractivity contribution in [1.82, 2.24) is 9.97 Å². The molecule has 1 aromatic heterocycles. The highest BCUT2D eigenvalue weighted by atomic mass is 32.1. The van der Waals surface area contributed by atoms with E-state index in [0.717, 1.165) is 29.9 Å². The smallest absolute Gasteiger partial charge is 0.133 e. The van der Waals surface area contributed by atoms with Crippen molar-refractivity contribution >= 4 is 12.2 Å². The van der Waals surface area contributed by atoms with Crippen molar-refractivity contribution in [3.8, 4) is 11.3 Å². The summed E-state index contributed by atoms with van der Waals surface area (Å²) in [5.41, 5.74) is 7.32. The predicted molar refractivity (Wildman–Crippen MR) is 87.8 cm³/mol. The molecule has 0 aliphatic heterocycles. The van der Waals surface area contributed by atoms with Crippen LogP contribution in [0.1, 0.15) is 41.4 Å². The van der Waals surface area contributed by atoms with Crippen LogP contribution in [0.4, 0.5) is 0 Å². The van der Waals surface area contributed by atoms with E-state index in [1.54, 1.807) is 0 Å². The predicted octanol–water partition coefficient (Wildman–Crippen LogP) is 4.99. The first-order valence-electron chi connectivity index (χ1n) is 7.12. The van der Waals surface area contributed by atoms with Crippen LogP contribution in [0.2, 0.25) is 0 Å². The first-order chi connectivity index (χ1) is 9.43. The summed E-state index contributed by atoms with van der Waals surface area (Å²) in [5.74, 6) is 0.982. The van der Waals surface area contributed by atoms with Gasteiger partial charge in [-0.15, -0.1) is 0 Å². The minimum Gasteiger partial charge on any atom is -0.343 e. The van der Waals surface area contributed by atoms with Crippen molar-refractivity contribution < 1.29 is 0 Å². The second-order valence-electron chi connectivity index (χ2n) is 5.49. The Bertz CT molecular complexity index is 699. The highest BCUT2D eigenvalue weighted by Crippen LogP contribution is 2.28. The van der Waals surface area contributed by atoms with Crippen LogP contribution in [0, 0.1) is 32.3 Å². The van der Waals surface area contributed by atoms with Gasteiger partial charge in [0.15, 0.2) is 0 Å². The molecule has 0 amide bonds. The molecule has 0 aliphatic carbocycles. The molecule has 2 nitrogen and oxygen atoms in total. The van der Waals surface area contributed by atoms with Crippen LogP contribution in [0.25, 0.3) is 11.3 Å². The van der Waals surface area contributed by atoms with Gasteiger partial charge in [-0.2, -0.15) is 0 Å². The third kappa shape index (κ3) is 2.83. The van der Waals surface area contributed by atoms with E-state index in [1.165, 1.54) is 22.3 Å². The zero-order valence-electron chi connectivity index (χ0n) is 12.9. The van der Waals surface area contributed by atoms with Crippen molar-refractivity contribution in [1.29, 1.82) is 0 Å². The average molecular weight is 286 g/mol. The lowest BCUT2D eigenvalue weighted by molar-refractivity contribution is 0.829. The molecule has 1 N–H and O–H groups in total. The third-order valence-corrected chi connectivity index (χ3v) is 4.20. The Labute approximate surface area is 126 Å². The van der Waals surface area contributed by atoms with Gasteiger partial charge in [-0.1, -0.05) is 25.2 Å². The van der Waals surface area contributed by atoms with Crippen molar-refractivity contribution in [2.45, 2.75) is 47.5 Å². The maximum Gasteiger partial charge on any atom is 0.133 e. The zero-order valence-corrected chi connectivity index (χ0v) is 13.7. The molecule has 0 unspecified atom stereocenters. The number of aryl methyl sites for hydroxylation is 4. The number of H-pyrrole nitrogens is 1. The van der Waals surface area contributed by atoms with Crippen molar-refractivity contribution in [3.05, 3.63) is 44.9 Å². The summed E-state index contributed by atoms with van der Waals surface area (Å²) < 4.78 is 0.708. The van der Waals surface area contributed by atoms with Crippen LogP contribution in [0.15, 0.2) is 12.1 Å². The Kier molecular flexibility index (Phi) is 4.39. The van der Waals surface area contributed by atoms with E-state index in [9.17, 15) is 0 Å². The summed E-state index contributed by atoms with van der Waals surface area (Å²) in [6, 6.07) is 4.48. The maximum absolute atomic E-state index is 5.41. The van der Waals surface area contributed by atoms with Crippen molar-refractivity contribution in [2.75, 3.05) is 0 Å².